The maximum absolute atomic E-state index is 13.0. The molecule has 1 atom stereocenters. The number of methoxy groups -OCH3 is 1. The molecule has 0 aliphatic heterocycles. The number of rotatable bonds is 4. The Morgan fingerprint density at radius 3 is 2.62 bits per heavy atom. The first-order chi connectivity index (χ1) is 14.9. The monoisotopic (exact) mass is 496 g/mol. The summed E-state index contributed by atoms with van der Waals surface area (Å²) >= 11 is 7.85. The minimum atomic E-state index is -3.80. The number of nitrogens with one attached hydrogen (secondary N) is 1. The number of hydrogen-bond donors (Lipinski definition) is 1. The van der Waals surface area contributed by atoms with Crippen LogP contribution in [-0.2, 0) is 23.0 Å². The zero-order chi connectivity index (χ0) is 23.4. The van der Waals surface area contributed by atoms with Crippen LogP contribution in [0.3, 0.4) is 0 Å². The lowest BCUT2D eigenvalue weighted by molar-refractivity contribution is 0.218. The van der Waals surface area contributed by atoms with Crippen LogP contribution in [0.1, 0.15) is 37.6 Å². The predicted molar refractivity (Wildman–Crippen MR) is 128 cm³/mol. The molecule has 0 saturated heterocycles. The molecule has 0 fully saturated rings. The zero-order valence-electron chi connectivity index (χ0n) is 18.5. The average Bonchev–Trinajstić information content (AvgIpc) is 3.05. The molecule has 7 nitrogen and oxygen atoms in total. The van der Waals surface area contributed by atoms with E-state index >= 15 is 0 Å². The molecule has 1 aliphatic rings. The lowest BCUT2D eigenvalue weighted by atomic mass is 9.72. The van der Waals surface area contributed by atoms with Crippen molar-refractivity contribution in [3.8, 4) is 22.9 Å². The van der Waals surface area contributed by atoms with E-state index < -0.39 is 10.1 Å². The number of aryl methyl sites for hydroxylation is 1. The number of fused-ring (bicyclic) bond motifs is 3. The molecule has 0 saturated carbocycles. The first-order valence-electron chi connectivity index (χ1n) is 10.2. The van der Waals surface area contributed by atoms with Crippen LogP contribution in [0.15, 0.2) is 16.9 Å². The molecule has 172 valence electrons. The van der Waals surface area contributed by atoms with Gasteiger partial charge in [0.1, 0.15) is 10.7 Å². The molecular formula is C22H25ClN2O5S2. The smallest absolute Gasteiger partial charge is 0.306 e. The van der Waals surface area contributed by atoms with Crippen LogP contribution in [0.5, 0.6) is 11.5 Å². The van der Waals surface area contributed by atoms with Crippen LogP contribution in [0.25, 0.3) is 21.6 Å². The number of H-pyrrole nitrogens is 1. The van der Waals surface area contributed by atoms with Gasteiger partial charge in [0.05, 0.1) is 23.8 Å². The van der Waals surface area contributed by atoms with Gasteiger partial charge in [-0.2, -0.15) is 8.42 Å². The second kappa shape index (κ2) is 8.04. The molecule has 0 amide bonds. The summed E-state index contributed by atoms with van der Waals surface area (Å²) in [6.45, 7) is 6.77. The summed E-state index contributed by atoms with van der Waals surface area (Å²) in [5.74, 6) is 0.912. The quantitative estimate of drug-likeness (QED) is 0.521. The third-order valence-corrected chi connectivity index (χ3v) is 7.78. The summed E-state index contributed by atoms with van der Waals surface area (Å²) in [5.41, 5.74) is 1.62. The van der Waals surface area contributed by atoms with Crippen molar-refractivity contribution in [1.82, 2.24) is 9.97 Å². The predicted octanol–water partition coefficient (Wildman–Crippen LogP) is 4.80. The summed E-state index contributed by atoms with van der Waals surface area (Å²) < 4.78 is 33.3. The first kappa shape index (κ1) is 23.1. The van der Waals surface area contributed by atoms with E-state index in [-0.39, 0.29) is 27.5 Å². The van der Waals surface area contributed by atoms with Crippen LogP contribution in [0.4, 0.5) is 0 Å². The topological polar surface area (TPSA) is 98.3 Å². The summed E-state index contributed by atoms with van der Waals surface area (Å²) in [7, 11) is -2.42. The molecule has 0 bridgehead atoms. The minimum Gasteiger partial charge on any atom is -0.493 e. The van der Waals surface area contributed by atoms with Gasteiger partial charge < -0.3 is 13.9 Å². The third-order valence-electron chi connectivity index (χ3n) is 5.88. The van der Waals surface area contributed by atoms with E-state index in [1.807, 2.05) is 0 Å². The van der Waals surface area contributed by atoms with Crippen molar-refractivity contribution >= 4 is 43.3 Å². The van der Waals surface area contributed by atoms with E-state index in [9.17, 15) is 13.2 Å². The van der Waals surface area contributed by atoms with Crippen LogP contribution < -0.4 is 14.5 Å². The molecule has 3 aromatic rings. The van der Waals surface area contributed by atoms with Crippen molar-refractivity contribution in [1.29, 1.82) is 0 Å². The number of thiophene rings is 1. The molecule has 0 spiro atoms. The fourth-order valence-corrected chi connectivity index (χ4v) is 6.22. The highest BCUT2D eigenvalue weighted by Gasteiger charge is 2.31. The van der Waals surface area contributed by atoms with Crippen molar-refractivity contribution < 1.29 is 17.3 Å². The molecular weight excluding hydrogens is 472 g/mol. The van der Waals surface area contributed by atoms with Crippen LogP contribution >= 0.6 is 22.9 Å². The number of halogens is 1. The molecule has 32 heavy (non-hydrogen) atoms. The van der Waals surface area contributed by atoms with E-state index in [1.54, 1.807) is 17.4 Å². The first-order valence-corrected chi connectivity index (χ1v) is 13.2. The number of hydrogen-bond acceptors (Lipinski definition) is 7. The minimum absolute atomic E-state index is 0.0333. The Hall–Kier alpha value is -2.10. The summed E-state index contributed by atoms with van der Waals surface area (Å²) in [5, 5.41) is 0.696. The van der Waals surface area contributed by atoms with Gasteiger partial charge in [0, 0.05) is 10.4 Å². The van der Waals surface area contributed by atoms with E-state index in [4.69, 9.17) is 25.5 Å². The number of ether oxygens (including phenoxy) is 1. The average molecular weight is 497 g/mol. The van der Waals surface area contributed by atoms with Crippen LogP contribution in [0, 0.1) is 11.3 Å². The summed E-state index contributed by atoms with van der Waals surface area (Å²) in [4.78, 5) is 22.5. The molecule has 1 unspecified atom stereocenters. The Morgan fingerprint density at radius 2 is 2.00 bits per heavy atom. The zero-order valence-corrected chi connectivity index (χ0v) is 20.9. The lowest BCUT2D eigenvalue weighted by Gasteiger charge is -2.33. The third kappa shape index (κ3) is 4.38. The van der Waals surface area contributed by atoms with Gasteiger partial charge >= 0.3 is 10.1 Å². The Balaban J connectivity index is 1.80. The molecule has 2 heterocycles. The van der Waals surface area contributed by atoms with Crippen molar-refractivity contribution in [3.05, 3.63) is 37.9 Å². The number of nitrogens with zero attached hydrogens (tertiary/aromatic N) is 1. The van der Waals surface area contributed by atoms with Crippen molar-refractivity contribution in [3.63, 3.8) is 0 Å². The van der Waals surface area contributed by atoms with Crippen molar-refractivity contribution in [2.75, 3.05) is 13.4 Å². The van der Waals surface area contributed by atoms with E-state index in [2.05, 4.69) is 25.8 Å². The normalized spacial score (nSPS) is 16.8. The van der Waals surface area contributed by atoms with Crippen LogP contribution in [0.2, 0.25) is 5.02 Å². The fraction of sp³-hybridized carbons (Fsp3) is 0.455. The standard InChI is InChI=1S/C22H25ClN2O5S2/c1-22(2,3)12-6-7-13-16(10-12)31-21-17(13)20(26)24-19(25-21)11-8-14(23)18(15(9-11)29-4)30-32(5,27)28/h8-9,12H,6-7,10H2,1-5H3,(H,24,25,26). The molecule has 4 rings (SSSR count). The van der Waals surface area contributed by atoms with E-state index in [0.717, 1.165) is 31.1 Å². The van der Waals surface area contributed by atoms with Crippen molar-refractivity contribution in [2.24, 2.45) is 11.3 Å². The highest BCUT2D eigenvalue weighted by atomic mass is 35.5. The van der Waals surface area contributed by atoms with Gasteiger partial charge in [0.25, 0.3) is 5.56 Å². The Morgan fingerprint density at radius 1 is 1.28 bits per heavy atom. The summed E-state index contributed by atoms with van der Waals surface area (Å²) in [6, 6.07) is 3.04. The second-order valence-electron chi connectivity index (χ2n) is 9.18. The second-order valence-corrected chi connectivity index (χ2v) is 12.2. The Bertz CT molecular complexity index is 1370. The molecule has 1 N–H and O–H groups in total. The highest BCUT2D eigenvalue weighted by molar-refractivity contribution is 7.86. The van der Waals surface area contributed by atoms with Crippen molar-refractivity contribution in [2.45, 2.75) is 40.0 Å². The van der Waals surface area contributed by atoms with Gasteiger partial charge in [-0.3, -0.25) is 4.79 Å². The lowest BCUT2D eigenvalue weighted by Crippen LogP contribution is -2.26. The highest BCUT2D eigenvalue weighted by Crippen LogP contribution is 2.43. The molecule has 1 aromatic carbocycles. The van der Waals surface area contributed by atoms with Gasteiger partial charge in [-0.15, -0.1) is 11.3 Å². The molecule has 10 heteroatoms. The maximum atomic E-state index is 13.0. The fourth-order valence-electron chi connectivity index (χ4n) is 4.15. The SMILES string of the molecule is COc1cc(-c2nc3sc4c(c3c(=O)[nH]2)CCC(C(C)(C)C)C4)cc(Cl)c1OS(C)(=O)=O. The van der Waals surface area contributed by atoms with Crippen LogP contribution in [-0.4, -0.2) is 31.8 Å². The molecule has 0 radical (unpaired) electrons. The van der Waals surface area contributed by atoms with Gasteiger partial charge in [-0.05, 0) is 48.3 Å². The van der Waals surface area contributed by atoms with E-state index in [0.29, 0.717) is 27.5 Å². The van der Waals surface area contributed by atoms with Gasteiger partial charge in [-0.1, -0.05) is 32.4 Å². The molecule has 2 aromatic heterocycles. The van der Waals surface area contributed by atoms with E-state index in [1.165, 1.54) is 18.1 Å². The van der Waals surface area contributed by atoms with Gasteiger partial charge in [0.15, 0.2) is 5.75 Å². The number of aromatic amines is 1. The summed E-state index contributed by atoms with van der Waals surface area (Å²) in [6.07, 6.45) is 3.80. The van der Waals surface area contributed by atoms with Gasteiger partial charge in [-0.25, -0.2) is 4.98 Å². The number of benzene rings is 1. The molecule has 1 aliphatic carbocycles. The maximum Gasteiger partial charge on any atom is 0.306 e. The Labute approximate surface area is 195 Å². The Kier molecular flexibility index (Phi) is 5.80. The largest absolute Gasteiger partial charge is 0.493 e. The van der Waals surface area contributed by atoms with Gasteiger partial charge in [0.2, 0.25) is 5.75 Å². The number of aromatic nitrogens is 2.